The lowest BCUT2D eigenvalue weighted by Crippen LogP contribution is -2.36. The van der Waals surface area contributed by atoms with Crippen molar-refractivity contribution in [2.45, 2.75) is 38.9 Å². The molecule has 2 saturated carbocycles. The first-order valence-electron chi connectivity index (χ1n) is 6.34. The first-order chi connectivity index (χ1) is 7.97. The highest BCUT2D eigenvalue weighted by Gasteiger charge is 2.66. The Hall–Kier alpha value is 0.0400. The number of hydrogen-bond acceptors (Lipinski definition) is 4. The minimum atomic E-state index is 0.153. The van der Waals surface area contributed by atoms with E-state index in [1.54, 1.807) is 11.8 Å². The zero-order valence-electron chi connectivity index (χ0n) is 10.7. The van der Waals surface area contributed by atoms with Gasteiger partial charge >= 0.3 is 0 Å². The number of Topliss-reactive ketones (excluding diaryl/α,β-unsaturated/α-hetero) is 1. The highest BCUT2D eigenvalue weighted by Crippen LogP contribution is 2.66. The van der Waals surface area contributed by atoms with Crippen LogP contribution in [0.2, 0.25) is 0 Å². The van der Waals surface area contributed by atoms with Crippen LogP contribution in [0.1, 0.15) is 33.6 Å². The molecule has 17 heavy (non-hydrogen) atoms. The minimum absolute atomic E-state index is 0.153. The lowest BCUT2D eigenvalue weighted by Gasteiger charge is -2.37. The summed E-state index contributed by atoms with van der Waals surface area (Å²) < 4.78 is 1.15. The summed E-state index contributed by atoms with van der Waals surface area (Å²) in [7, 11) is 0. The van der Waals surface area contributed by atoms with Crippen LogP contribution in [0.25, 0.3) is 0 Å². The molecule has 0 saturated heterocycles. The van der Waals surface area contributed by atoms with Gasteiger partial charge in [0, 0.05) is 11.7 Å². The average Bonchev–Trinajstić information content (AvgIpc) is 2.86. The summed E-state index contributed by atoms with van der Waals surface area (Å²) in [5, 5.41) is 0.153. The molecule has 3 rings (SSSR count). The van der Waals surface area contributed by atoms with Crippen molar-refractivity contribution < 1.29 is 4.79 Å². The molecular weight excluding hydrogens is 250 g/mol. The van der Waals surface area contributed by atoms with Crippen LogP contribution < -0.4 is 0 Å². The van der Waals surface area contributed by atoms with E-state index >= 15 is 0 Å². The van der Waals surface area contributed by atoms with Crippen LogP contribution in [0, 0.1) is 16.7 Å². The summed E-state index contributed by atoms with van der Waals surface area (Å²) >= 11 is 3.57. The molecule has 2 bridgehead atoms. The zero-order chi connectivity index (χ0) is 12.3. The zero-order valence-corrected chi connectivity index (χ0v) is 12.3. The van der Waals surface area contributed by atoms with Crippen molar-refractivity contribution in [1.29, 1.82) is 0 Å². The van der Waals surface area contributed by atoms with Gasteiger partial charge in [0.1, 0.15) is 10.2 Å². The Balaban J connectivity index is 1.88. The molecular formula is C13H19NOS2. The molecule has 4 heteroatoms. The fraction of sp³-hybridized carbons (Fsp3) is 0.846. The lowest BCUT2D eigenvalue weighted by atomic mass is 9.71. The van der Waals surface area contributed by atoms with Crippen LogP contribution in [0.4, 0.5) is 0 Å². The average molecular weight is 269 g/mol. The van der Waals surface area contributed by atoms with Gasteiger partial charge in [-0.05, 0) is 23.7 Å². The van der Waals surface area contributed by atoms with Gasteiger partial charge in [0.2, 0.25) is 0 Å². The Morgan fingerprint density at radius 2 is 2.18 bits per heavy atom. The van der Waals surface area contributed by atoms with E-state index in [-0.39, 0.29) is 22.0 Å². The topological polar surface area (TPSA) is 29.4 Å². The quantitative estimate of drug-likeness (QED) is 0.732. The van der Waals surface area contributed by atoms with Crippen molar-refractivity contribution in [3.63, 3.8) is 0 Å². The predicted molar refractivity (Wildman–Crippen MR) is 75.8 cm³/mol. The van der Waals surface area contributed by atoms with Crippen molar-refractivity contribution in [3.05, 3.63) is 0 Å². The Kier molecular flexibility index (Phi) is 2.68. The van der Waals surface area contributed by atoms with Crippen molar-refractivity contribution in [2.75, 3.05) is 12.3 Å². The number of thioether (sulfide) groups is 2. The maximum Gasteiger partial charge on any atom is 0.150 e. The number of hydrogen-bond donors (Lipinski definition) is 0. The van der Waals surface area contributed by atoms with Crippen LogP contribution in [0.15, 0.2) is 4.99 Å². The second kappa shape index (κ2) is 3.77. The third-order valence-electron chi connectivity index (χ3n) is 5.25. The van der Waals surface area contributed by atoms with Crippen molar-refractivity contribution in [3.8, 4) is 0 Å². The molecule has 0 radical (unpaired) electrons. The maximum atomic E-state index is 12.5. The number of nitrogens with zero attached hydrogens (tertiary/aromatic N) is 1. The van der Waals surface area contributed by atoms with E-state index in [4.69, 9.17) is 0 Å². The van der Waals surface area contributed by atoms with Crippen LogP contribution >= 0.6 is 23.5 Å². The van der Waals surface area contributed by atoms with Crippen molar-refractivity contribution in [2.24, 2.45) is 21.7 Å². The number of rotatable bonds is 1. The minimum Gasteiger partial charge on any atom is -0.298 e. The monoisotopic (exact) mass is 269 g/mol. The van der Waals surface area contributed by atoms with Crippen LogP contribution in [-0.4, -0.2) is 27.7 Å². The third-order valence-corrected chi connectivity index (χ3v) is 7.98. The molecule has 2 fully saturated rings. The summed E-state index contributed by atoms with van der Waals surface area (Å²) in [5.74, 6) is 1.87. The fourth-order valence-electron chi connectivity index (χ4n) is 3.66. The molecule has 0 N–H and O–H groups in total. The second-order valence-electron chi connectivity index (χ2n) is 6.13. The summed E-state index contributed by atoms with van der Waals surface area (Å²) in [4.78, 5) is 17.0. The third kappa shape index (κ3) is 1.49. The van der Waals surface area contributed by atoms with Gasteiger partial charge in [0.05, 0.1) is 11.8 Å². The van der Waals surface area contributed by atoms with Gasteiger partial charge < -0.3 is 0 Å². The molecule has 0 spiro atoms. The molecule has 2 aliphatic carbocycles. The van der Waals surface area contributed by atoms with Crippen molar-refractivity contribution >= 4 is 33.7 Å². The smallest absolute Gasteiger partial charge is 0.150 e. The lowest BCUT2D eigenvalue weighted by molar-refractivity contribution is -0.122. The summed E-state index contributed by atoms with van der Waals surface area (Å²) in [6.45, 7) is 7.81. The van der Waals surface area contributed by atoms with Crippen molar-refractivity contribution in [1.82, 2.24) is 0 Å². The van der Waals surface area contributed by atoms with E-state index in [0.717, 1.165) is 23.1 Å². The van der Waals surface area contributed by atoms with E-state index < -0.39 is 0 Å². The summed E-state index contributed by atoms with van der Waals surface area (Å²) in [6.07, 6.45) is 2.30. The molecule has 0 unspecified atom stereocenters. The molecule has 0 aromatic carbocycles. The van der Waals surface area contributed by atoms with Gasteiger partial charge in [-0.3, -0.25) is 9.79 Å². The molecule has 94 valence electrons. The van der Waals surface area contributed by atoms with Gasteiger partial charge in [-0.2, -0.15) is 0 Å². The van der Waals surface area contributed by atoms with Gasteiger partial charge in [-0.25, -0.2) is 0 Å². The van der Waals surface area contributed by atoms with Gasteiger partial charge in [-0.15, -0.1) is 0 Å². The van der Waals surface area contributed by atoms with Crippen LogP contribution in [-0.2, 0) is 4.79 Å². The highest BCUT2D eigenvalue weighted by atomic mass is 32.2. The largest absolute Gasteiger partial charge is 0.298 e. The molecule has 2 nitrogen and oxygen atoms in total. The van der Waals surface area contributed by atoms with Gasteiger partial charge in [-0.1, -0.05) is 44.3 Å². The van der Waals surface area contributed by atoms with Gasteiger partial charge in [0.15, 0.2) is 0 Å². The van der Waals surface area contributed by atoms with E-state index in [9.17, 15) is 4.79 Å². The number of carbonyl (C=O) groups excluding carboxylic acids is 1. The molecule has 0 aromatic rings. The Morgan fingerprint density at radius 1 is 1.41 bits per heavy atom. The Bertz CT molecular complexity index is 404. The number of fused-ring (bicyclic) bond motifs is 2. The number of ketones is 1. The van der Waals surface area contributed by atoms with E-state index in [1.165, 1.54) is 6.42 Å². The van der Waals surface area contributed by atoms with E-state index in [1.807, 2.05) is 11.8 Å². The van der Waals surface area contributed by atoms with Gasteiger partial charge in [0.25, 0.3) is 0 Å². The Morgan fingerprint density at radius 3 is 2.71 bits per heavy atom. The molecule has 0 amide bonds. The van der Waals surface area contributed by atoms with Crippen LogP contribution in [0.5, 0.6) is 0 Å². The molecule has 3 atom stereocenters. The molecule has 1 heterocycles. The predicted octanol–water partition coefficient (Wildman–Crippen LogP) is 3.22. The second-order valence-corrected chi connectivity index (χ2v) is 8.56. The molecule has 3 aliphatic rings. The first-order valence-corrected chi connectivity index (χ1v) is 8.21. The summed E-state index contributed by atoms with van der Waals surface area (Å²) in [5.41, 5.74) is 0.344. The standard InChI is InChI=1S/C13H19NOS2/c1-12(2)8-4-5-13(12,3)10(9(8)15)17-11-14-6-7-16-11/h8,10H,4-7H2,1-3H3/t8-,10+,13-/m0/s1. The fourth-order valence-corrected chi connectivity index (χ4v) is 6.34. The maximum absolute atomic E-state index is 12.5. The molecule has 0 aromatic heterocycles. The van der Waals surface area contributed by atoms with E-state index in [0.29, 0.717) is 5.78 Å². The normalized spacial score (nSPS) is 43.2. The first kappa shape index (κ1) is 12.1. The number of carbonyl (C=O) groups is 1. The Labute approximate surface area is 111 Å². The highest BCUT2D eigenvalue weighted by molar-refractivity contribution is 8.39. The number of aliphatic imine (C=N–C) groups is 1. The van der Waals surface area contributed by atoms with Crippen LogP contribution in [0.3, 0.4) is 0 Å². The SMILES string of the molecule is CC1(C)[C@H]2CC[C@@]1(C)[C@H](SC1=NCCS1)C2=O. The summed E-state index contributed by atoms with van der Waals surface area (Å²) in [6, 6.07) is 0. The molecule has 1 aliphatic heterocycles. The van der Waals surface area contributed by atoms with E-state index in [2.05, 4.69) is 25.8 Å².